The number of hydrogen-bond acceptors (Lipinski definition) is 2. The second-order valence-corrected chi connectivity index (χ2v) is 5.85. The van der Waals surface area contributed by atoms with Crippen LogP contribution in [0.5, 0.6) is 0 Å². The number of benzene rings is 2. The molecule has 0 heterocycles. The summed E-state index contributed by atoms with van der Waals surface area (Å²) in [5.74, 6) is 0. The molecule has 3 nitrogen and oxygen atoms in total. The molecule has 0 atom stereocenters. The first-order valence-electron chi connectivity index (χ1n) is 5.63. The molecule has 2 N–H and O–H groups in total. The zero-order chi connectivity index (χ0) is 13.2. The van der Waals surface area contributed by atoms with Gasteiger partial charge in [0.25, 0.3) is 0 Å². The first-order chi connectivity index (χ1) is 8.47. The normalized spacial score (nSPS) is 11.4. The van der Waals surface area contributed by atoms with E-state index in [0.29, 0.717) is 6.42 Å². The Morgan fingerprint density at radius 3 is 2.44 bits per heavy atom. The first-order valence-corrected chi connectivity index (χ1v) is 7.18. The molecular weight excluding hydrogens is 246 g/mol. The number of nitrogens with two attached hydrogens (primary N) is 1. The molecule has 0 fully saturated rings. The summed E-state index contributed by atoms with van der Waals surface area (Å²) in [6, 6.07) is 14.8. The largest absolute Gasteiger partial charge is 0.238 e. The fraction of sp³-hybridized carbons (Fsp3) is 0.143. The van der Waals surface area contributed by atoms with Crippen LogP contribution in [0.15, 0.2) is 53.4 Å². The van der Waals surface area contributed by atoms with Crippen molar-refractivity contribution in [3.63, 3.8) is 0 Å². The Morgan fingerprint density at radius 1 is 1.06 bits per heavy atom. The molecule has 0 unspecified atom stereocenters. The third-order valence-corrected chi connectivity index (χ3v) is 3.77. The summed E-state index contributed by atoms with van der Waals surface area (Å²) < 4.78 is 23.0. The Morgan fingerprint density at radius 2 is 1.78 bits per heavy atom. The zero-order valence-corrected chi connectivity index (χ0v) is 10.9. The first kappa shape index (κ1) is 12.8. The maximum absolute atomic E-state index is 11.5. The minimum atomic E-state index is -3.66. The Kier molecular flexibility index (Phi) is 3.50. The molecule has 0 spiro atoms. The summed E-state index contributed by atoms with van der Waals surface area (Å²) in [6.45, 7) is 2.01. The van der Waals surface area contributed by atoms with Crippen LogP contribution in [0.4, 0.5) is 0 Å². The number of primary sulfonamides is 1. The molecule has 0 aliphatic rings. The standard InChI is InChI=1S/C14H15NO2S/c1-11-5-4-6-12(9-11)10-13-7-2-3-8-14(13)18(15,16)17/h2-9H,10H2,1H3,(H2,15,16,17). The van der Waals surface area contributed by atoms with E-state index in [1.807, 2.05) is 37.3 Å². The third kappa shape index (κ3) is 2.97. The van der Waals surface area contributed by atoms with Gasteiger partial charge in [0.05, 0.1) is 4.90 Å². The molecule has 0 radical (unpaired) electrons. The number of sulfonamides is 1. The van der Waals surface area contributed by atoms with Gasteiger partial charge in [0.2, 0.25) is 10.0 Å². The van der Waals surface area contributed by atoms with E-state index < -0.39 is 10.0 Å². The van der Waals surface area contributed by atoms with Gasteiger partial charge in [-0.2, -0.15) is 0 Å². The van der Waals surface area contributed by atoms with Crippen molar-refractivity contribution >= 4 is 10.0 Å². The van der Waals surface area contributed by atoms with Crippen molar-refractivity contribution in [3.8, 4) is 0 Å². The summed E-state index contributed by atoms with van der Waals surface area (Å²) in [5.41, 5.74) is 2.96. The molecule has 4 heteroatoms. The maximum atomic E-state index is 11.5. The van der Waals surface area contributed by atoms with E-state index in [4.69, 9.17) is 5.14 Å². The second kappa shape index (κ2) is 4.92. The van der Waals surface area contributed by atoms with Crippen LogP contribution in [0.2, 0.25) is 0 Å². The van der Waals surface area contributed by atoms with Gasteiger partial charge in [-0.15, -0.1) is 0 Å². The minimum absolute atomic E-state index is 0.200. The molecule has 2 rings (SSSR count). The van der Waals surface area contributed by atoms with E-state index in [2.05, 4.69) is 0 Å². The Hall–Kier alpha value is -1.65. The van der Waals surface area contributed by atoms with Crippen LogP contribution < -0.4 is 5.14 Å². The summed E-state index contributed by atoms with van der Waals surface area (Å²) >= 11 is 0. The van der Waals surface area contributed by atoms with Crippen molar-refractivity contribution < 1.29 is 8.42 Å². The highest BCUT2D eigenvalue weighted by Gasteiger charge is 2.13. The monoisotopic (exact) mass is 261 g/mol. The Labute approximate surface area is 107 Å². The van der Waals surface area contributed by atoms with Gasteiger partial charge in [-0.25, -0.2) is 13.6 Å². The molecule has 0 aromatic heterocycles. The summed E-state index contributed by atoms with van der Waals surface area (Å²) in [7, 11) is -3.66. The van der Waals surface area contributed by atoms with Crippen LogP contribution in [-0.2, 0) is 16.4 Å². The Balaban J connectivity index is 2.41. The summed E-state index contributed by atoms with van der Waals surface area (Å²) in [6.07, 6.45) is 0.564. The van der Waals surface area contributed by atoms with Crippen LogP contribution in [0, 0.1) is 6.92 Å². The highest BCUT2D eigenvalue weighted by molar-refractivity contribution is 7.89. The van der Waals surface area contributed by atoms with Crippen molar-refractivity contribution in [2.45, 2.75) is 18.2 Å². The van der Waals surface area contributed by atoms with Gasteiger partial charge >= 0.3 is 0 Å². The SMILES string of the molecule is Cc1cccc(Cc2ccccc2S(N)(=O)=O)c1. The third-order valence-electron chi connectivity index (χ3n) is 2.76. The smallest absolute Gasteiger partial charge is 0.225 e. The van der Waals surface area contributed by atoms with Gasteiger partial charge in [-0.05, 0) is 30.5 Å². The van der Waals surface area contributed by atoms with Crippen LogP contribution in [0.3, 0.4) is 0 Å². The van der Waals surface area contributed by atoms with Crippen LogP contribution in [0.25, 0.3) is 0 Å². The molecule has 0 amide bonds. The molecule has 2 aromatic carbocycles. The van der Waals surface area contributed by atoms with Gasteiger partial charge in [0.15, 0.2) is 0 Å². The van der Waals surface area contributed by atoms with Crippen LogP contribution in [0.1, 0.15) is 16.7 Å². The van der Waals surface area contributed by atoms with E-state index >= 15 is 0 Å². The van der Waals surface area contributed by atoms with Crippen molar-refractivity contribution in [2.75, 3.05) is 0 Å². The van der Waals surface area contributed by atoms with Gasteiger partial charge in [-0.3, -0.25) is 0 Å². The maximum Gasteiger partial charge on any atom is 0.238 e. The predicted octanol–water partition coefficient (Wildman–Crippen LogP) is 2.23. The van der Waals surface area contributed by atoms with E-state index in [1.54, 1.807) is 18.2 Å². The molecular formula is C14H15NO2S. The molecule has 0 bridgehead atoms. The van der Waals surface area contributed by atoms with Crippen molar-refractivity contribution in [1.82, 2.24) is 0 Å². The van der Waals surface area contributed by atoms with Gasteiger partial charge in [0.1, 0.15) is 0 Å². The molecule has 94 valence electrons. The van der Waals surface area contributed by atoms with E-state index in [0.717, 1.165) is 16.7 Å². The van der Waals surface area contributed by atoms with E-state index in [-0.39, 0.29) is 4.90 Å². The topological polar surface area (TPSA) is 60.2 Å². The second-order valence-electron chi connectivity index (χ2n) is 4.32. The summed E-state index contributed by atoms with van der Waals surface area (Å²) in [4.78, 5) is 0.200. The lowest BCUT2D eigenvalue weighted by atomic mass is 10.0. The van der Waals surface area contributed by atoms with Crippen molar-refractivity contribution in [3.05, 3.63) is 65.2 Å². The average molecular weight is 261 g/mol. The fourth-order valence-corrected chi connectivity index (χ4v) is 2.74. The lowest BCUT2D eigenvalue weighted by molar-refractivity contribution is 0.597. The predicted molar refractivity (Wildman–Crippen MR) is 71.8 cm³/mol. The molecule has 18 heavy (non-hydrogen) atoms. The van der Waals surface area contributed by atoms with Crippen molar-refractivity contribution in [1.29, 1.82) is 0 Å². The lowest BCUT2D eigenvalue weighted by Gasteiger charge is -2.08. The molecule has 0 saturated carbocycles. The molecule has 0 aliphatic heterocycles. The van der Waals surface area contributed by atoms with E-state index in [1.165, 1.54) is 0 Å². The number of rotatable bonds is 3. The van der Waals surface area contributed by atoms with Crippen LogP contribution in [-0.4, -0.2) is 8.42 Å². The van der Waals surface area contributed by atoms with Crippen LogP contribution >= 0.6 is 0 Å². The summed E-state index contributed by atoms with van der Waals surface area (Å²) in [5, 5.41) is 5.21. The van der Waals surface area contributed by atoms with E-state index in [9.17, 15) is 8.42 Å². The van der Waals surface area contributed by atoms with Gasteiger partial charge in [0, 0.05) is 0 Å². The minimum Gasteiger partial charge on any atom is -0.225 e. The highest BCUT2D eigenvalue weighted by atomic mass is 32.2. The van der Waals surface area contributed by atoms with Crippen molar-refractivity contribution in [2.24, 2.45) is 5.14 Å². The lowest BCUT2D eigenvalue weighted by Crippen LogP contribution is -2.14. The fourth-order valence-electron chi connectivity index (χ4n) is 1.97. The quantitative estimate of drug-likeness (QED) is 0.921. The molecule has 0 saturated heterocycles. The Bertz CT molecular complexity index is 663. The highest BCUT2D eigenvalue weighted by Crippen LogP contribution is 2.18. The number of hydrogen-bond donors (Lipinski definition) is 1. The zero-order valence-electron chi connectivity index (χ0n) is 10.1. The number of aryl methyl sites for hydroxylation is 1. The van der Waals surface area contributed by atoms with Gasteiger partial charge < -0.3 is 0 Å². The van der Waals surface area contributed by atoms with Gasteiger partial charge in [-0.1, -0.05) is 48.0 Å². The molecule has 0 aliphatic carbocycles. The molecule has 2 aromatic rings. The average Bonchev–Trinajstić information content (AvgIpc) is 2.28.